The average Bonchev–Trinajstić information content (AvgIpc) is 2.75. The van der Waals surface area contributed by atoms with E-state index in [1.807, 2.05) is 20.0 Å². The number of halogens is 1. The Balaban J connectivity index is 2.20. The molecule has 2 rings (SSSR count). The van der Waals surface area contributed by atoms with Crippen LogP contribution in [0, 0.1) is 12.7 Å². The van der Waals surface area contributed by atoms with Crippen LogP contribution in [-0.4, -0.2) is 20.8 Å². The topological polar surface area (TPSA) is 76.4 Å². The lowest BCUT2D eigenvalue weighted by molar-refractivity contribution is 0.318. The van der Waals surface area contributed by atoms with E-state index >= 15 is 0 Å². The summed E-state index contributed by atoms with van der Waals surface area (Å²) in [6.45, 7) is 1.91. The summed E-state index contributed by atoms with van der Waals surface area (Å²) in [7, 11) is 1.85. The Morgan fingerprint density at radius 1 is 1.55 bits per heavy atom. The van der Waals surface area contributed by atoms with Crippen molar-refractivity contribution in [2.24, 2.45) is 17.9 Å². The summed E-state index contributed by atoms with van der Waals surface area (Å²) in [6, 6.07) is 6.78. The van der Waals surface area contributed by atoms with Gasteiger partial charge in [0.25, 0.3) is 0 Å². The molecule has 106 valence electrons. The van der Waals surface area contributed by atoms with E-state index in [-0.39, 0.29) is 11.4 Å². The Hall–Kier alpha value is -2.02. The second-order valence-corrected chi connectivity index (χ2v) is 5.30. The highest BCUT2D eigenvalue weighted by molar-refractivity contribution is 7.98. The second kappa shape index (κ2) is 5.96. The van der Waals surface area contributed by atoms with E-state index in [1.54, 1.807) is 16.8 Å². The SMILES string of the molecule is Cc1cc(SCc2cccc(/C(N)=N/O)c2F)n(C)n1. The van der Waals surface area contributed by atoms with Gasteiger partial charge in [-0.2, -0.15) is 5.10 Å². The Morgan fingerprint density at radius 2 is 2.30 bits per heavy atom. The molecule has 0 unspecified atom stereocenters. The average molecular weight is 294 g/mol. The maximum absolute atomic E-state index is 14.2. The van der Waals surface area contributed by atoms with Crippen molar-refractivity contribution in [2.45, 2.75) is 17.7 Å². The van der Waals surface area contributed by atoms with Crippen molar-refractivity contribution in [1.29, 1.82) is 0 Å². The lowest BCUT2D eigenvalue weighted by Crippen LogP contribution is -2.15. The maximum Gasteiger partial charge on any atom is 0.173 e. The summed E-state index contributed by atoms with van der Waals surface area (Å²) in [6.07, 6.45) is 0. The van der Waals surface area contributed by atoms with E-state index in [4.69, 9.17) is 10.9 Å². The highest BCUT2D eigenvalue weighted by Gasteiger charge is 2.12. The number of aryl methyl sites for hydroxylation is 2. The van der Waals surface area contributed by atoms with Crippen molar-refractivity contribution in [3.8, 4) is 0 Å². The van der Waals surface area contributed by atoms with E-state index in [9.17, 15) is 4.39 Å². The summed E-state index contributed by atoms with van der Waals surface area (Å²) in [5.74, 6) is -0.253. The fourth-order valence-corrected chi connectivity index (χ4v) is 2.82. The van der Waals surface area contributed by atoms with Crippen LogP contribution < -0.4 is 5.73 Å². The number of nitrogens with two attached hydrogens (primary N) is 1. The zero-order chi connectivity index (χ0) is 14.7. The molecular formula is C13H15FN4OS. The molecule has 5 nitrogen and oxygen atoms in total. The van der Waals surface area contributed by atoms with Gasteiger partial charge in [-0.15, -0.1) is 11.8 Å². The number of nitrogens with zero attached hydrogens (tertiary/aromatic N) is 3. The Bertz CT molecular complexity index is 654. The predicted molar refractivity (Wildman–Crippen MR) is 76.4 cm³/mol. The third-order valence-electron chi connectivity index (χ3n) is 2.80. The predicted octanol–water partition coefficient (Wildman–Crippen LogP) is 2.25. The molecule has 0 aliphatic heterocycles. The fourth-order valence-electron chi connectivity index (χ4n) is 1.82. The molecule has 1 heterocycles. The first-order valence-electron chi connectivity index (χ1n) is 5.91. The van der Waals surface area contributed by atoms with Crippen LogP contribution in [0.25, 0.3) is 0 Å². The molecule has 0 aliphatic carbocycles. The standard InChI is InChI=1S/C13H15FN4OS/c1-8-6-11(18(2)16-8)20-7-9-4-3-5-10(12(9)14)13(15)17-19/h3-6,19H,7H2,1-2H3,(H2,15,17). The van der Waals surface area contributed by atoms with Crippen LogP contribution in [0.2, 0.25) is 0 Å². The van der Waals surface area contributed by atoms with Gasteiger partial charge in [0.1, 0.15) is 5.82 Å². The monoisotopic (exact) mass is 294 g/mol. The third kappa shape index (κ3) is 2.93. The number of thioether (sulfide) groups is 1. The lowest BCUT2D eigenvalue weighted by Gasteiger charge is -2.07. The molecule has 1 aromatic heterocycles. The molecule has 0 radical (unpaired) electrons. The molecule has 0 saturated carbocycles. The number of amidine groups is 1. The largest absolute Gasteiger partial charge is 0.409 e. The minimum atomic E-state index is -0.464. The molecule has 1 aromatic carbocycles. The molecule has 3 N–H and O–H groups in total. The number of oxime groups is 1. The molecule has 0 atom stereocenters. The van der Waals surface area contributed by atoms with Crippen LogP contribution in [0.4, 0.5) is 4.39 Å². The summed E-state index contributed by atoms with van der Waals surface area (Å²) >= 11 is 1.48. The highest BCUT2D eigenvalue weighted by atomic mass is 32.2. The Labute approximate surface area is 120 Å². The normalized spacial score (nSPS) is 11.8. The number of rotatable bonds is 4. The summed E-state index contributed by atoms with van der Waals surface area (Å²) in [4.78, 5) is 0. The minimum absolute atomic E-state index is 0.104. The van der Waals surface area contributed by atoms with Crippen LogP contribution in [0.3, 0.4) is 0 Å². The third-order valence-corrected chi connectivity index (χ3v) is 3.93. The van der Waals surface area contributed by atoms with E-state index in [0.717, 1.165) is 10.7 Å². The van der Waals surface area contributed by atoms with Crippen molar-refractivity contribution >= 4 is 17.6 Å². The fraction of sp³-hybridized carbons (Fsp3) is 0.231. The number of hydrogen-bond acceptors (Lipinski definition) is 4. The molecule has 0 spiro atoms. The number of hydrogen-bond donors (Lipinski definition) is 2. The molecule has 20 heavy (non-hydrogen) atoms. The molecular weight excluding hydrogens is 279 g/mol. The Kier molecular flexibility index (Phi) is 4.29. The summed E-state index contributed by atoms with van der Waals surface area (Å²) in [5, 5.41) is 16.6. The van der Waals surface area contributed by atoms with Gasteiger partial charge in [-0.1, -0.05) is 17.3 Å². The van der Waals surface area contributed by atoms with E-state index in [2.05, 4.69) is 10.3 Å². The zero-order valence-electron chi connectivity index (χ0n) is 11.2. The van der Waals surface area contributed by atoms with Gasteiger partial charge in [0.2, 0.25) is 0 Å². The van der Waals surface area contributed by atoms with Crippen molar-refractivity contribution in [3.63, 3.8) is 0 Å². The molecule has 2 aromatic rings. The van der Waals surface area contributed by atoms with Gasteiger partial charge >= 0.3 is 0 Å². The first-order valence-corrected chi connectivity index (χ1v) is 6.90. The maximum atomic E-state index is 14.2. The van der Waals surface area contributed by atoms with Crippen LogP contribution in [0.1, 0.15) is 16.8 Å². The molecule has 0 amide bonds. The highest BCUT2D eigenvalue weighted by Crippen LogP contribution is 2.25. The lowest BCUT2D eigenvalue weighted by atomic mass is 10.1. The first-order chi connectivity index (χ1) is 9.52. The van der Waals surface area contributed by atoms with Gasteiger partial charge in [-0.3, -0.25) is 4.68 Å². The Morgan fingerprint density at radius 3 is 2.90 bits per heavy atom. The van der Waals surface area contributed by atoms with Crippen molar-refractivity contribution in [2.75, 3.05) is 0 Å². The van der Waals surface area contributed by atoms with Crippen LogP contribution in [-0.2, 0) is 12.8 Å². The van der Waals surface area contributed by atoms with Gasteiger partial charge in [-0.05, 0) is 24.6 Å². The quantitative estimate of drug-likeness (QED) is 0.298. The van der Waals surface area contributed by atoms with Crippen molar-refractivity contribution < 1.29 is 9.60 Å². The van der Waals surface area contributed by atoms with Crippen LogP contribution >= 0.6 is 11.8 Å². The summed E-state index contributed by atoms with van der Waals surface area (Å²) in [5.41, 5.74) is 6.96. The summed E-state index contributed by atoms with van der Waals surface area (Å²) < 4.78 is 16.0. The molecule has 0 fully saturated rings. The molecule has 0 saturated heterocycles. The van der Waals surface area contributed by atoms with E-state index in [1.165, 1.54) is 17.8 Å². The van der Waals surface area contributed by atoms with E-state index in [0.29, 0.717) is 11.3 Å². The molecule has 7 heteroatoms. The number of aromatic nitrogens is 2. The van der Waals surface area contributed by atoms with Gasteiger partial charge < -0.3 is 10.9 Å². The van der Waals surface area contributed by atoms with Crippen molar-refractivity contribution in [1.82, 2.24) is 9.78 Å². The van der Waals surface area contributed by atoms with Gasteiger partial charge in [0, 0.05) is 12.8 Å². The first kappa shape index (κ1) is 14.4. The van der Waals surface area contributed by atoms with Crippen LogP contribution in [0.5, 0.6) is 0 Å². The smallest absolute Gasteiger partial charge is 0.173 e. The van der Waals surface area contributed by atoms with Crippen molar-refractivity contribution in [3.05, 3.63) is 46.9 Å². The number of benzene rings is 1. The zero-order valence-corrected chi connectivity index (χ0v) is 12.0. The van der Waals surface area contributed by atoms with E-state index < -0.39 is 5.82 Å². The molecule has 0 aliphatic rings. The van der Waals surface area contributed by atoms with Gasteiger partial charge in [-0.25, -0.2) is 4.39 Å². The second-order valence-electron chi connectivity index (χ2n) is 4.30. The minimum Gasteiger partial charge on any atom is -0.409 e. The van der Waals surface area contributed by atoms with Gasteiger partial charge in [0.05, 0.1) is 16.3 Å². The van der Waals surface area contributed by atoms with Gasteiger partial charge in [0.15, 0.2) is 5.84 Å². The van der Waals surface area contributed by atoms with Crippen LogP contribution in [0.15, 0.2) is 34.4 Å². The molecule has 0 bridgehead atoms.